The molecule has 0 saturated heterocycles. The van der Waals surface area contributed by atoms with Crippen LogP contribution in [0.1, 0.15) is 13.8 Å². The molecule has 1 aromatic carbocycles. The molecule has 0 aliphatic rings. The van der Waals surface area contributed by atoms with Gasteiger partial charge in [0.25, 0.3) is 5.91 Å². The van der Waals surface area contributed by atoms with Crippen molar-refractivity contribution < 1.29 is 9.90 Å². The molecule has 2 aromatic rings. The predicted molar refractivity (Wildman–Crippen MR) is 66.8 cm³/mol. The van der Waals surface area contributed by atoms with E-state index in [1.54, 1.807) is 11.3 Å². The summed E-state index contributed by atoms with van der Waals surface area (Å²) in [5.74, 6) is -0.393. The minimum atomic E-state index is -1.36. The van der Waals surface area contributed by atoms with E-state index < -0.39 is 11.5 Å². The fraction of sp³-hybridized carbons (Fsp3) is 0.250. The van der Waals surface area contributed by atoms with Crippen LogP contribution in [0.4, 0.5) is 5.69 Å². The largest absolute Gasteiger partial charge is 0.381 e. The molecule has 0 unspecified atom stereocenters. The molecule has 0 fully saturated rings. The van der Waals surface area contributed by atoms with Crippen LogP contribution < -0.4 is 5.32 Å². The van der Waals surface area contributed by atoms with Crippen LogP contribution in [-0.2, 0) is 4.79 Å². The van der Waals surface area contributed by atoms with Gasteiger partial charge in [0.1, 0.15) is 5.60 Å². The van der Waals surface area contributed by atoms with Crippen LogP contribution in [0.2, 0.25) is 0 Å². The Kier molecular flexibility index (Phi) is 2.69. The van der Waals surface area contributed by atoms with Gasteiger partial charge < -0.3 is 10.4 Å². The Morgan fingerprint density at radius 3 is 2.75 bits per heavy atom. The van der Waals surface area contributed by atoms with Crippen molar-refractivity contribution in [3.8, 4) is 0 Å². The molecule has 0 atom stereocenters. The third kappa shape index (κ3) is 2.08. The summed E-state index contributed by atoms with van der Waals surface area (Å²) in [6.45, 7) is 2.94. The van der Waals surface area contributed by atoms with E-state index in [2.05, 4.69) is 5.32 Å². The van der Waals surface area contributed by atoms with E-state index in [1.807, 2.05) is 29.6 Å². The lowest BCUT2D eigenvalue weighted by Crippen LogP contribution is -2.36. The van der Waals surface area contributed by atoms with Crippen LogP contribution in [0.5, 0.6) is 0 Å². The molecule has 0 spiro atoms. The fourth-order valence-electron chi connectivity index (χ4n) is 1.35. The summed E-state index contributed by atoms with van der Waals surface area (Å²) in [6, 6.07) is 7.83. The smallest absolute Gasteiger partial charge is 0.255 e. The third-order valence-electron chi connectivity index (χ3n) is 2.28. The second kappa shape index (κ2) is 3.88. The topological polar surface area (TPSA) is 49.3 Å². The molecule has 0 saturated carbocycles. The summed E-state index contributed by atoms with van der Waals surface area (Å²) in [5, 5.41) is 15.2. The highest BCUT2D eigenvalue weighted by Gasteiger charge is 2.24. The second-order valence-corrected chi connectivity index (χ2v) is 5.07. The Balaban J connectivity index is 2.32. The van der Waals surface area contributed by atoms with Crippen LogP contribution >= 0.6 is 11.3 Å². The first-order valence-electron chi connectivity index (χ1n) is 4.98. The van der Waals surface area contributed by atoms with Gasteiger partial charge in [0.15, 0.2) is 0 Å². The Labute approximate surface area is 97.7 Å². The van der Waals surface area contributed by atoms with E-state index in [9.17, 15) is 9.90 Å². The molecule has 1 aromatic heterocycles. The lowest BCUT2D eigenvalue weighted by Gasteiger charge is -2.16. The summed E-state index contributed by atoms with van der Waals surface area (Å²) in [5.41, 5.74) is -0.601. The fourth-order valence-corrected chi connectivity index (χ4v) is 2.24. The van der Waals surface area contributed by atoms with Crippen molar-refractivity contribution >= 4 is 33.0 Å². The van der Waals surface area contributed by atoms with Gasteiger partial charge in [-0.25, -0.2) is 0 Å². The first-order valence-corrected chi connectivity index (χ1v) is 5.86. The SMILES string of the molecule is CC(C)(O)C(=O)Nc1csc2ccccc12. The number of amides is 1. The minimum Gasteiger partial charge on any atom is -0.381 e. The number of rotatable bonds is 2. The van der Waals surface area contributed by atoms with Gasteiger partial charge in [0.05, 0.1) is 5.69 Å². The van der Waals surface area contributed by atoms with E-state index in [4.69, 9.17) is 0 Å². The normalized spacial score (nSPS) is 11.7. The Morgan fingerprint density at radius 2 is 2.06 bits per heavy atom. The molecule has 4 heteroatoms. The van der Waals surface area contributed by atoms with Crippen molar-refractivity contribution in [3.05, 3.63) is 29.6 Å². The number of aliphatic hydroxyl groups is 1. The first-order chi connectivity index (χ1) is 7.48. The maximum Gasteiger partial charge on any atom is 0.255 e. The number of anilines is 1. The summed E-state index contributed by atoms with van der Waals surface area (Å²) in [4.78, 5) is 11.6. The third-order valence-corrected chi connectivity index (χ3v) is 3.25. The van der Waals surface area contributed by atoms with Crippen LogP contribution in [0.15, 0.2) is 29.6 Å². The van der Waals surface area contributed by atoms with Crippen LogP contribution in [0.25, 0.3) is 10.1 Å². The lowest BCUT2D eigenvalue weighted by atomic mass is 10.1. The zero-order chi connectivity index (χ0) is 11.8. The van der Waals surface area contributed by atoms with Crippen LogP contribution in [0, 0.1) is 0 Å². The van der Waals surface area contributed by atoms with Crippen LogP contribution in [-0.4, -0.2) is 16.6 Å². The van der Waals surface area contributed by atoms with E-state index in [-0.39, 0.29) is 0 Å². The van der Waals surface area contributed by atoms with Gasteiger partial charge in [0.2, 0.25) is 0 Å². The molecular formula is C12H13NO2S. The summed E-state index contributed by atoms with van der Waals surface area (Å²) < 4.78 is 1.12. The van der Waals surface area contributed by atoms with Gasteiger partial charge in [-0.1, -0.05) is 18.2 Å². The number of thiophene rings is 1. The van der Waals surface area contributed by atoms with E-state index >= 15 is 0 Å². The average molecular weight is 235 g/mol. The Morgan fingerprint density at radius 1 is 1.38 bits per heavy atom. The molecule has 0 aliphatic carbocycles. The van der Waals surface area contributed by atoms with E-state index in [1.165, 1.54) is 13.8 Å². The van der Waals surface area contributed by atoms with Gasteiger partial charge in [-0.3, -0.25) is 4.79 Å². The molecule has 0 bridgehead atoms. The van der Waals surface area contributed by atoms with Crippen LogP contribution in [0.3, 0.4) is 0 Å². The average Bonchev–Trinajstić information content (AvgIpc) is 2.61. The summed E-state index contributed by atoms with van der Waals surface area (Å²) in [7, 11) is 0. The number of nitrogens with one attached hydrogen (secondary N) is 1. The molecule has 3 nitrogen and oxygen atoms in total. The molecule has 2 rings (SSSR count). The quantitative estimate of drug-likeness (QED) is 0.840. The number of benzene rings is 1. The first kappa shape index (κ1) is 11.1. The molecule has 0 aliphatic heterocycles. The van der Waals surface area contributed by atoms with Gasteiger partial charge in [-0.15, -0.1) is 11.3 Å². The van der Waals surface area contributed by atoms with E-state index in [0.717, 1.165) is 15.8 Å². The highest BCUT2D eigenvalue weighted by molar-refractivity contribution is 7.17. The van der Waals surface area contributed by atoms with Gasteiger partial charge >= 0.3 is 0 Å². The number of hydrogen-bond donors (Lipinski definition) is 2. The van der Waals surface area contributed by atoms with Crippen molar-refractivity contribution in [2.45, 2.75) is 19.4 Å². The van der Waals surface area contributed by atoms with Crippen molar-refractivity contribution in [3.63, 3.8) is 0 Å². The van der Waals surface area contributed by atoms with Crippen molar-refractivity contribution in [1.82, 2.24) is 0 Å². The second-order valence-electron chi connectivity index (χ2n) is 4.16. The van der Waals surface area contributed by atoms with Crippen molar-refractivity contribution in [1.29, 1.82) is 0 Å². The minimum absolute atomic E-state index is 0.393. The molecule has 0 radical (unpaired) electrons. The summed E-state index contributed by atoms with van der Waals surface area (Å²) in [6.07, 6.45) is 0. The zero-order valence-electron chi connectivity index (χ0n) is 9.15. The predicted octanol–water partition coefficient (Wildman–Crippen LogP) is 2.61. The maximum absolute atomic E-state index is 11.6. The molecule has 2 N–H and O–H groups in total. The Hall–Kier alpha value is -1.39. The van der Waals surface area contributed by atoms with Gasteiger partial charge in [-0.05, 0) is 19.9 Å². The van der Waals surface area contributed by atoms with Crippen molar-refractivity contribution in [2.24, 2.45) is 0 Å². The van der Waals surface area contributed by atoms with Gasteiger partial charge in [-0.2, -0.15) is 0 Å². The number of carbonyl (C=O) groups is 1. The van der Waals surface area contributed by atoms with E-state index in [0.29, 0.717) is 0 Å². The molecule has 1 heterocycles. The molecular weight excluding hydrogens is 222 g/mol. The molecule has 1 amide bonds. The highest BCUT2D eigenvalue weighted by atomic mass is 32.1. The summed E-state index contributed by atoms with van der Waals surface area (Å²) >= 11 is 1.57. The van der Waals surface area contributed by atoms with Crippen molar-refractivity contribution in [2.75, 3.05) is 5.32 Å². The number of hydrogen-bond acceptors (Lipinski definition) is 3. The Bertz CT molecular complexity index is 525. The lowest BCUT2D eigenvalue weighted by molar-refractivity contribution is -0.130. The maximum atomic E-state index is 11.6. The molecule has 16 heavy (non-hydrogen) atoms. The molecule has 84 valence electrons. The number of carbonyl (C=O) groups excluding carboxylic acids is 1. The zero-order valence-corrected chi connectivity index (χ0v) is 9.97. The highest BCUT2D eigenvalue weighted by Crippen LogP contribution is 2.30. The number of fused-ring (bicyclic) bond motifs is 1. The van der Waals surface area contributed by atoms with Gasteiger partial charge in [0, 0.05) is 15.5 Å². The standard InChI is InChI=1S/C12H13NO2S/c1-12(2,15)11(14)13-9-7-16-10-6-4-3-5-8(9)10/h3-7,15H,1-2H3,(H,13,14). The monoisotopic (exact) mass is 235 g/mol.